The highest BCUT2D eigenvalue weighted by Crippen LogP contribution is 2.26. The monoisotopic (exact) mass is 262 g/mol. The minimum absolute atomic E-state index is 0.764. The zero-order valence-corrected chi connectivity index (χ0v) is 10.2. The van der Waals surface area contributed by atoms with Crippen LogP contribution in [0.3, 0.4) is 0 Å². The third-order valence-corrected chi connectivity index (χ3v) is 3.90. The van der Waals surface area contributed by atoms with Gasteiger partial charge in [-0.15, -0.1) is 11.3 Å². The van der Waals surface area contributed by atoms with Gasteiger partial charge in [-0.25, -0.2) is 0 Å². The Morgan fingerprint density at radius 3 is 2.92 bits per heavy atom. The second-order valence-corrected chi connectivity index (χ2v) is 5.44. The Morgan fingerprint density at radius 1 is 1.62 bits per heavy atom. The highest BCUT2D eigenvalue weighted by atomic mass is 79.9. The number of nitrogens with two attached hydrogens (primary N) is 1. The fourth-order valence-electron chi connectivity index (χ4n) is 1.05. The van der Waals surface area contributed by atoms with E-state index in [-0.39, 0.29) is 0 Å². The van der Waals surface area contributed by atoms with E-state index in [2.05, 4.69) is 34.2 Å². The summed E-state index contributed by atoms with van der Waals surface area (Å²) in [6, 6.07) is 2.21. The van der Waals surface area contributed by atoms with E-state index in [9.17, 15) is 0 Å². The Hall–Kier alpha value is 0.100. The molecule has 0 aromatic carbocycles. The number of halogens is 1. The molecule has 0 spiro atoms. The lowest BCUT2D eigenvalue weighted by atomic mass is 10.3. The second kappa shape index (κ2) is 5.75. The summed E-state index contributed by atoms with van der Waals surface area (Å²) >= 11 is 5.30. The molecule has 13 heavy (non-hydrogen) atoms. The fraction of sp³-hybridized carbons (Fsp3) is 0.556. The zero-order chi connectivity index (χ0) is 9.68. The van der Waals surface area contributed by atoms with Gasteiger partial charge in [0.15, 0.2) is 0 Å². The molecule has 4 heteroatoms. The van der Waals surface area contributed by atoms with Crippen molar-refractivity contribution in [3.63, 3.8) is 0 Å². The van der Waals surface area contributed by atoms with E-state index in [1.165, 1.54) is 14.2 Å². The summed E-state index contributed by atoms with van der Waals surface area (Å²) < 4.78 is 1.24. The van der Waals surface area contributed by atoms with Crippen molar-refractivity contribution >= 4 is 27.3 Å². The molecule has 0 bridgehead atoms. The normalized spacial score (nSPS) is 10.7. The molecule has 0 saturated carbocycles. The standard InChI is InChI=1S/C9H15BrN2S/c1-7-5-8(13-9(7)10)6-12-4-2-3-11/h5,12H,2-4,6,11H2,1H3. The van der Waals surface area contributed by atoms with Crippen molar-refractivity contribution in [2.75, 3.05) is 13.1 Å². The van der Waals surface area contributed by atoms with Crippen LogP contribution < -0.4 is 11.1 Å². The van der Waals surface area contributed by atoms with Crippen molar-refractivity contribution in [1.82, 2.24) is 5.32 Å². The smallest absolute Gasteiger partial charge is 0.0730 e. The van der Waals surface area contributed by atoms with Crippen LogP contribution >= 0.6 is 27.3 Å². The average Bonchev–Trinajstić information content (AvgIpc) is 2.41. The molecule has 0 atom stereocenters. The van der Waals surface area contributed by atoms with Crippen LogP contribution in [0.15, 0.2) is 9.85 Å². The largest absolute Gasteiger partial charge is 0.330 e. The maximum absolute atomic E-state index is 5.39. The molecule has 0 saturated heterocycles. The predicted molar refractivity (Wildman–Crippen MR) is 62.1 cm³/mol. The molecule has 1 aromatic rings. The van der Waals surface area contributed by atoms with Gasteiger partial charge in [0.1, 0.15) is 0 Å². The van der Waals surface area contributed by atoms with Gasteiger partial charge in [-0.05, 0) is 54.0 Å². The molecule has 0 amide bonds. The third-order valence-electron chi connectivity index (χ3n) is 1.77. The van der Waals surface area contributed by atoms with Gasteiger partial charge in [0.05, 0.1) is 3.79 Å². The summed E-state index contributed by atoms with van der Waals surface area (Å²) in [4.78, 5) is 1.38. The summed E-state index contributed by atoms with van der Waals surface area (Å²) in [6.45, 7) is 4.84. The molecule has 0 unspecified atom stereocenters. The Balaban J connectivity index is 2.29. The summed E-state index contributed by atoms with van der Waals surface area (Å²) in [5, 5.41) is 3.35. The molecule has 0 aliphatic carbocycles. The fourth-order valence-corrected chi connectivity index (χ4v) is 2.65. The number of hydrogen-bond donors (Lipinski definition) is 2. The molecule has 2 nitrogen and oxygen atoms in total. The van der Waals surface area contributed by atoms with Gasteiger partial charge < -0.3 is 11.1 Å². The molecule has 3 N–H and O–H groups in total. The van der Waals surface area contributed by atoms with Crippen molar-refractivity contribution in [2.24, 2.45) is 5.73 Å². The number of nitrogens with one attached hydrogen (secondary N) is 1. The van der Waals surface area contributed by atoms with Crippen molar-refractivity contribution in [1.29, 1.82) is 0 Å². The summed E-state index contributed by atoms with van der Waals surface area (Å²) in [7, 11) is 0. The Kier molecular flexibility index (Phi) is 4.94. The van der Waals surface area contributed by atoms with Crippen LogP contribution in [0.1, 0.15) is 16.9 Å². The molecule has 0 aliphatic rings. The minimum atomic E-state index is 0.764. The number of hydrogen-bond acceptors (Lipinski definition) is 3. The molecule has 1 aromatic heterocycles. The van der Waals surface area contributed by atoms with Crippen LogP contribution in [0.4, 0.5) is 0 Å². The predicted octanol–water partition coefficient (Wildman–Crippen LogP) is 2.26. The molecule has 0 fully saturated rings. The third kappa shape index (κ3) is 3.77. The van der Waals surface area contributed by atoms with Crippen LogP contribution in [-0.2, 0) is 6.54 Å². The van der Waals surface area contributed by atoms with E-state index in [0.29, 0.717) is 0 Å². The lowest BCUT2D eigenvalue weighted by Gasteiger charge is -1.99. The first-order chi connectivity index (χ1) is 6.24. The average molecular weight is 263 g/mol. The van der Waals surface area contributed by atoms with E-state index in [4.69, 9.17) is 5.73 Å². The lowest BCUT2D eigenvalue weighted by molar-refractivity contribution is 0.660. The number of aryl methyl sites for hydroxylation is 1. The second-order valence-electron chi connectivity index (χ2n) is 2.99. The molecular formula is C9H15BrN2S. The first kappa shape index (κ1) is 11.2. The van der Waals surface area contributed by atoms with Crippen molar-refractivity contribution in [2.45, 2.75) is 19.9 Å². The van der Waals surface area contributed by atoms with Crippen molar-refractivity contribution < 1.29 is 0 Å². The van der Waals surface area contributed by atoms with Gasteiger partial charge in [0.25, 0.3) is 0 Å². The zero-order valence-electron chi connectivity index (χ0n) is 7.77. The first-order valence-electron chi connectivity index (χ1n) is 4.39. The van der Waals surface area contributed by atoms with Gasteiger partial charge in [-0.3, -0.25) is 0 Å². The van der Waals surface area contributed by atoms with Crippen LogP contribution in [-0.4, -0.2) is 13.1 Å². The summed E-state index contributed by atoms with van der Waals surface area (Å²) in [5.74, 6) is 0. The molecule has 1 heterocycles. The molecule has 1 rings (SSSR count). The Labute approximate surface area is 91.7 Å². The molecular weight excluding hydrogens is 248 g/mol. The van der Waals surface area contributed by atoms with Crippen LogP contribution in [0.25, 0.3) is 0 Å². The first-order valence-corrected chi connectivity index (χ1v) is 6.00. The highest BCUT2D eigenvalue weighted by Gasteiger charge is 2.01. The van der Waals surface area contributed by atoms with Gasteiger partial charge in [-0.2, -0.15) is 0 Å². The summed E-state index contributed by atoms with van der Waals surface area (Å²) in [6.07, 6.45) is 1.05. The van der Waals surface area contributed by atoms with E-state index in [1.807, 2.05) is 0 Å². The number of thiophene rings is 1. The van der Waals surface area contributed by atoms with Crippen molar-refractivity contribution in [3.8, 4) is 0 Å². The minimum Gasteiger partial charge on any atom is -0.330 e. The molecule has 0 aliphatic heterocycles. The molecule has 0 radical (unpaired) electrons. The Morgan fingerprint density at radius 2 is 2.38 bits per heavy atom. The topological polar surface area (TPSA) is 38.0 Å². The lowest BCUT2D eigenvalue weighted by Crippen LogP contribution is -2.17. The van der Waals surface area contributed by atoms with Crippen LogP contribution in [0, 0.1) is 6.92 Å². The SMILES string of the molecule is Cc1cc(CNCCCN)sc1Br. The number of rotatable bonds is 5. The maximum Gasteiger partial charge on any atom is 0.0730 e. The van der Waals surface area contributed by atoms with Gasteiger partial charge in [0.2, 0.25) is 0 Å². The summed E-state index contributed by atoms with van der Waals surface area (Å²) in [5.41, 5.74) is 6.71. The van der Waals surface area contributed by atoms with Crippen molar-refractivity contribution in [3.05, 3.63) is 20.3 Å². The van der Waals surface area contributed by atoms with E-state index in [1.54, 1.807) is 11.3 Å². The van der Waals surface area contributed by atoms with Gasteiger partial charge in [0, 0.05) is 11.4 Å². The molecule has 74 valence electrons. The Bertz CT molecular complexity index is 241. The van der Waals surface area contributed by atoms with E-state index < -0.39 is 0 Å². The maximum atomic E-state index is 5.39. The van der Waals surface area contributed by atoms with Gasteiger partial charge in [-0.1, -0.05) is 0 Å². The van der Waals surface area contributed by atoms with Gasteiger partial charge >= 0.3 is 0 Å². The quantitative estimate of drug-likeness (QED) is 0.800. The van der Waals surface area contributed by atoms with Crippen LogP contribution in [0.2, 0.25) is 0 Å². The highest BCUT2D eigenvalue weighted by molar-refractivity contribution is 9.11. The van der Waals surface area contributed by atoms with Crippen LogP contribution in [0.5, 0.6) is 0 Å². The van der Waals surface area contributed by atoms with E-state index >= 15 is 0 Å². The van der Waals surface area contributed by atoms with E-state index in [0.717, 1.165) is 26.1 Å².